The number of benzene rings is 6. The number of hydrogen-bond donors (Lipinski definition) is 1. The highest BCUT2D eigenvalue weighted by atomic mass is 32.2. The van der Waals surface area contributed by atoms with Gasteiger partial charge in [-0.15, -0.1) is 0 Å². The van der Waals surface area contributed by atoms with Gasteiger partial charge in [-0.05, 0) is 151 Å². The maximum atomic E-state index is 14.0. The van der Waals surface area contributed by atoms with Gasteiger partial charge in [-0.25, -0.2) is 21.8 Å². The van der Waals surface area contributed by atoms with Gasteiger partial charge in [0, 0.05) is 62.4 Å². The molecule has 12 rings (SSSR count). The number of unbranched alkanes of at least 4 members (excludes halogenated alkanes) is 15. The minimum atomic E-state index is -7.25. The van der Waals surface area contributed by atoms with Crippen molar-refractivity contribution >= 4 is 36.9 Å². The molecular weight excluding hydrogens is 1470 g/mol. The standard InChI is InChI=1S/C24H26NS.C24H51N.C21H16N2.C12H17F6NO5S2.C9H16N2/c1-4-12-22(13-5-1)26(23-14-6-2-7-15-23)24-16-10-11-21(19-24)20-25-17-8-3-9-18-25;1-4-7-10-13-16-19-22-25(23-20-17-14-11-8-5-2)24-21-18-15-12-9-6-3;1-4-10-16(11-5-1)19-20(17-12-6-2-7-13-17)23-21(22-19)18-14-8-3-9-15-18;13-10(14,12(17,18)26(22,23)24)11(15,16)25(20,21)19-6-5-8-3-1-2-4-9(8)7-19;1-2-5-9-10-6-4-8-11(9)7-3-1/h1-2,4-7,10-16,19H,3,8-9,17-18,20H2;4-24H2,1-3H3;1-15H,(H,22,23);8-9H,1-7H2,(H,22,23,24);1-8H2/q+1;;;;/p-1. The molecule has 610 valence electrons. The summed E-state index contributed by atoms with van der Waals surface area (Å²) in [7, 11) is -13.6. The van der Waals surface area contributed by atoms with Crippen molar-refractivity contribution in [1.29, 1.82) is 0 Å². The summed E-state index contributed by atoms with van der Waals surface area (Å²) < 4.78 is 136. The van der Waals surface area contributed by atoms with Crippen LogP contribution in [-0.2, 0) is 37.6 Å². The largest absolute Gasteiger partial charge is 0.743 e. The van der Waals surface area contributed by atoms with Gasteiger partial charge in [0.2, 0.25) is 0 Å². The van der Waals surface area contributed by atoms with Crippen molar-refractivity contribution in [2.45, 2.75) is 257 Å². The van der Waals surface area contributed by atoms with Gasteiger partial charge in [0.25, 0.3) is 10.0 Å². The molecule has 4 fully saturated rings. The molecule has 1 aromatic heterocycles. The number of imidazole rings is 1. The minimum absolute atomic E-state index is 0.0130. The van der Waals surface area contributed by atoms with Crippen LogP contribution in [0.3, 0.4) is 0 Å². The van der Waals surface area contributed by atoms with Crippen LogP contribution < -0.4 is 0 Å². The second-order valence-electron chi connectivity index (χ2n) is 30.4. The summed E-state index contributed by atoms with van der Waals surface area (Å²) in [6, 6.07) is 61.9. The monoisotopic (exact) mass is 1590 g/mol. The van der Waals surface area contributed by atoms with E-state index in [9.17, 15) is 47.7 Å². The van der Waals surface area contributed by atoms with Crippen LogP contribution in [0.1, 0.15) is 225 Å². The van der Waals surface area contributed by atoms with Crippen molar-refractivity contribution in [3.63, 3.8) is 0 Å². The van der Waals surface area contributed by atoms with Gasteiger partial charge in [-0.3, -0.25) is 9.89 Å². The molecule has 5 aliphatic rings. The zero-order valence-corrected chi connectivity index (χ0v) is 68.8. The number of halogens is 6. The number of alkyl halides is 6. The Balaban J connectivity index is 0.000000177. The van der Waals surface area contributed by atoms with Crippen molar-refractivity contribution in [1.82, 2.24) is 29.0 Å². The molecule has 4 aliphatic heterocycles. The van der Waals surface area contributed by atoms with Gasteiger partial charge < -0.3 is 19.3 Å². The molecular formula is C90H125F6N7O5S3. The molecule has 111 heavy (non-hydrogen) atoms. The Morgan fingerprint density at radius 2 is 0.937 bits per heavy atom. The average molecular weight is 1600 g/mol. The Hall–Kier alpha value is -6.33. The van der Waals surface area contributed by atoms with Gasteiger partial charge >= 0.3 is 16.4 Å². The fraction of sp³-hybridized carbons (Fsp3) is 0.556. The fourth-order valence-corrected chi connectivity index (χ4v) is 19.6. The van der Waals surface area contributed by atoms with Gasteiger partial charge in [-0.1, -0.05) is 289 Å². The van der Waals surface area contributed by atoms with E-state index in [-0.39, 0.29) is 33.5 Å². The number of sulfonamides is 1. The summed E-state index contributed by atoms with van der Waals surface area (Å²) >= 11 is 0. The SMILES string of the molecule is C1CCC2=NCCCN2CC1.CCCCCCCCN(CCCCCCCC)CCCCCCCC.O=S(=O)([O-])C(F)(F)C(F)(F)C(F)(F)S(=O)(=O)N1CCC2CCCCC2C1.c1ccc(-c2nc(-c3ccccc3)c(-c3ccccc3)[nH]2)cc1.c1ccc([S+](c2ccccc2)c2cccc(CN3CCCCC3)c2)cc1. The molecule has 3 saturated heterocycles. The topological polar surface area (TPSA) is 145 Å². The van der Waals surface area contributed by atoms with E-state index in [1.54, 1.807) is 0 Å². The lowest BCUT2D eigenvalue weighted by Gasteiger charge is -2.42. The number of hydrogen-bond acceptors (Lipinski definition) is 10. The zero-order chi connectivity index (χ0) is 79.2. The molecule has 21 heteroatoms. The van der Waals surface area contributed by atoms with Crippen LogP contribution in [0.2, 0.25) is 0 Å². The van der Waals surface area contributed by atoms with Crippen molar-refractivity contribution in [2.75, 3.05) is 65.4 Å². The Morgan fingerprint density at radius 1 is 0.477 bits per heavy atom. The van der Waals surface area contributed by atoms with Gasteiger partial charge in [-0.2, -0.15) is 30.6 Å². The van der Waals surface area contributed by atoms with Crippen LogP contribution in [0.25, 0.3) is 33.9 Å². The lowest BCUT2D eigenvalue weighted by atomic mass is 9.76. The molecule has 1 aliphatic carbocycles. The van der Waals surface area contributed by atoms with Crippen molar-refractivity contribution in [3.8, 4) is 33.9 Å². The highest BCUT2D eigenvalue weighted by Crippen LogP contribution is 2.52. The van der Waals surface area contributed by atoms with Gasteiger partial charge in [0.05, 0.1) is 28.1 Å². The Labute approximate surface area is 664 Å². The van der Waals surface area contributed by atoms with Crippen molar-refractivity contribution in [3.05, 3.63) is 181 Å². The first-order valence-corrected chi connectivity index (χ1v) is 45.8. The molecule has 0 radical (unpaired) electrons. The lowest BCUT2D eigenvalue weighted by Crippen LogP contribution is -2.64. The Bertz CT molecular complexity index is 3840. The van der Waals surface area contributed by atoms with Crippen LogP contribution in [0.4, 0.5) is 26.3 Å². The maximum Gasteiger partial charge on any atom is 0.428 e. The molecule has 0 spiro atoms. The highest BCUT2D eigenvalue weighted by molar-refractivity contribution is 7.97. The van der Waals surface area contributed by atoms with E-state index >= 15 is 0 Å². The summed E-state index contributed by atoms with van der Waals surface area (Å²) in [5.74, 6) is -5.01. The number of nitrogens with zero attached hydrogens (tertiary/aromatic N) is 6. The number of likely N-dealkylation sites (tertiary alicyclic amines) is 1. The number of amidine groups is 1. The number of aliphatic imine (C=N–C) groups is 1. The third-order valence-corrected chi connectivity index (χ3v) is 26.8. The molecule has 5 heterocycles. The Kier molecular flexibility index (Phi) is 38.6. The number of nitrogens with one attached hydrogen (secondary N) is 1. The quantitative estimate of drug-likeness (QED) is 0.0180. The van der Waals surface area contributed by atoms with Gasteiger partial charge in [0.15, 0.2) is 24.8 Å². The van der Waals surface area contributed by atoms with Crippen LogP contribution in [0, 0.1) is 11.8 Å². The van der Waals surface area contributed by atoms with Crippen LogP contribution >= 0.6 is 0 Å². The molecule has 0 bridgehead atoms. The predicted molar refractivity (Wildman–Crippen MR) is 444 cm³/mol. The third-order valence-electron chi connectivity index (χ3n) is 21.8. The first kappa shape index (κ1) is 90.2. The first-order chi connectivity index (χ1) is 53.7. The second kappa shape index (κ2) is 47.5. The van der Waals surface area contributed by atoms with E-state index < -0.39 is 49.7 Å². The van der Waals surface area contributed by atoms with E-state index in [1.165, 1.54) is 239 Å². The number of fused-ring (bicyclic) bond motifs is 2. The van der Waals surface area contributed by atoms with E-state index in [0.717, 1.165) is 59.8 Å². The van der Waals surface area contributed by atoms with E-state index in [4.69, 9.17) is 4.98 Å². The number of aromatic nitrogens is 2. The molecule has 7 aromatic rings. The van der Waals surface area contributed by atoms with Crippen molar-refractivity contribution < 1.29 is 47.7 Å². The first-order valence-electron chi connectivity index (χ1n) is 41.7. The normalized spacial score (nSPS) is 17.3. The molecule has 1 N–H and O–H groups in total. The minimum Gasteiger partial charge on any atom is -0.743 e. The van der Waals surface area contributed by atoms with Crippen LogP contribution in [0.5, 0.6) is 0 Å². The van der Waals surface area contributed by atoms with Crippen molar-refractivity contribution in [2.24, 2.45) is 16.8 Å². The summed E-state index contributed by atoms with van der Waals surface area (Å²) in [5, 5.41) is -13.3. The summed E-state index contributed by atoms with van der Waals surface area (Å²) in [4.78, 5) is 25.0. The van der Waals surface area contributed by atoms with E-state index in [2.05, 4.69) is 167 Å². The lowest BCUT2D eigenvalue weighted by molar-refractivity contribution is -0.247. The zero-order valence-electron chi connectivity index (χ0n) is 66.3. The van der Waals surface area contributed by atoms with Crippen LogP contribution in [0.15, 0.2) is 196 Å². The molecule has 12 nitrogen and oxygen atoms in total. The fourth-order valence-electron chi connectivity index (χ4n) is 15.5. The predicted octanol–water partition coefficient (Wildman–Crippen LogP) is 23.4. The third kappa shape index (κ3) is 27.7. The second-order valence-corrected chi connectivity index (χ2v) is 35.9. The van der Waals surface area contributed by atoms with Gasteiger partial charge in [0.1, 0.15) is 5.82 Å². The molecule has 0 amide bonds. The molecule has 2 atom stereocenters. The molecule has 6 aromatic carbocycles. The number of rotatable bonds is 34. The number of H-pyrrole nitrogens is 1. The number of piperidine rings is 2. The van der Waals surface area contributed by atoms with E-state index in [0.29, 0.717) is 12.8 Å². The number of aromatic amines is 1. The molecule has 2 unspecified atom stereocenters. The molecule has 1 saturated carbocycles. The smallest absolute Gasteiger partial charge is 0.428 e. The summed E-state index contributed by atoms with van der Waals surface area (Å²) in [6.45, 7) is 17.0. The Morgan fingerprint density at radius 3 is 1.47 bits per heavy atom. The maximum absolute atomic E-state index is 14.0. The van der Waals surface area contributed by atoms with E-state index in [1.807, 2.05) is 54.6 Å². The summed E-state index contributed by atoms with van der Waals surface area (Å²) in [5.41, 5.74) is 6.82. The highest BCUT2D eigenvalue weighted by Gasteiger charge is 2.81. The summed E-state index contributed by atoms with van der Waals surface area (Å²) in [6.07, 6.45) is 39.3. The van der Waals surface area contributed by atoms with Crippen LogP contribution in [-0.4, -0.2) is 138 Å². The average Bonchev–Trinajstić information content (AvgIpc) is 1.08.